The third-order valence-corrected chi connectivity index (χ3v) is 6.27. The fraction of sp³-hybridized carbons (Fsp3) is 0.185. The molecule has 0 unspecified atom stereocenters. The third-order valence-electron chi connectivity index (χ3n) is 5.36. The Hall–Kier alpha value is -3.72. The summed E-state index contributed by atoms with van der Waals surface area (Å²) in [5.74, 6) is 0.508. The lowest BCUT2D eigenvalue weighted by molar-refractivity contribution is -0.137. The van der Waals surface area contributed by atoms with E-state index in [1.807, 2.05) is 32.0 Å². The molecule has 0 aliphatic carbocycles. The van der Waals surface area contributed by atoms with Crippen LogP contribution >= 0.6 is 11.8 Å². The van der Waals surface area contributed by atoms with Crippen LogP contribution in [0.2, 0.25) is 0 Å². The van der Waals surface area contributed by atoms with Gasteiger partial charge in [-0.1, -0.05) is 35.9 Å². The van der Waals surface area contributed by atoms with Gasteiger partial charge in [-0.2, -0.15) is 13.2 Å². The number of carbonyl (C=O) groups is 1. The molecule has 1 amide bonds. The van der Waals surface area contributed by atoms with E-state index in [9.17, 15) is 18.0 Å². The van der Waals surface area contributed by atoms with Gasteiger partial charge in [0, 0.05) is 0 Å². The van der Waals surface area contributed by atoms with Crippen molar-refractivity contribution < 1.29 is 27.4 Å². The molecule has 0 aromatic heterocycles. The quantitative estimate of drug-likeness (QED) is 0.369. The molecule has 1 heterocycles. The van der Waals surface area contributed by atoms with Crippen molar-refractivity contribution in [2.24, 2.45) is 4.99 Å². The number of aryl methyl sites for hydroxylation is 2. The smallest absolute Gasteiger partial charge is 0.416 e. The molecule has 36 heavy (non-hydrogen) atoms. The zero-order valence-electron chi connectivity index (χ0n) is 19.8. The molecule has 0 atom stereocenters. The predicted octanol–water partition coefficient (Wildman–Crippen LogP) is 6.80. The third kappa shape index (κ3) is 6.09. The molecule has 9 heteroatoms. The standard InChI is InChI=1S/C27H23F3N2O3S/c1-16-7-9-21(17(2)11-16)31-26-32-25(33)24(36-26)14-18-8-10-22(23(13-18)34-3)35-15-19-5-4-6-20(12-19)27(28,29)30/h4-14H,15H2,1-3H3,(H,31,32,33). The number of amides is 1. The van der Waals surface area contributed by atoms with Gasteiger partial charge in [-0.05, 0) is 78.7 Å². The number of aliphatic imine (C=N–C) groups is 1. The Morgan fingerprint density at radius 3 is 2.56 bits per heavy atom. The van der Waals surface area contributed by atoms with Gasteiger partial charge in [-0.25, -0.2) is 4.99 Å². The molecule has 1 saturated heterocycles. The van der Waals surface area contributed by atoms with Gasteiger partial charge in [0.05, 0.1) is 23.3 Å². The molecular formula is C27H23F3N2O3S. The van der Waals surface area contributed by atoms with Crippen LogP contribution in [0, 0.1) is 13.8 Å². The maximum atomic E-state index is 13.0. The molecule has 3 aromatic rings. The summed E-state index contributed by atoms with van der Waals surface area (Å²) in [5, 5.41) is 3.27. The monoisotopic (exact) mass is 512 g/mol. The van der Waals surface area contributed by atoms with E-state index in [1.165, 1.54) is 24.9 Å². The first-order valence-corrected chi connectivity index (χ1v) is 11.8. The summed E-state index contributed by atoms with van der Waals surface area (Å²) in [6, 6.07) is 16.0. The number of amidine groups is 1. The normalized spacial score (nSPS) is 15.9. The molecular weight excluding hydrogens is 489 g/mol. The second-order valence-electron chi connectivity index (χ2n) is 8.17. The Labute approximate surface area is 211 Å². The van der Waals surface area contributed by atoms with Crippen LogP contribution in [0.25, 0.3) is 6.08 Å². The van der Waals surface area contributed by atoms with Crippen LogP contribution in [-0.4, -0.2) is 18.2 Å². The van der Waals surface area contributed by atoms with E-state index in [0.29, 0.717) is 32.7 Å². The number of methoxy groups -OCH3 is 1. The number of benzene rings is 3. The maximum absolute atomic E-state index is 13.0. The SMILES string of the molecule is COc1cc(C=C2SC(=Nc3ccc(C)cc3C)NC2=O)ccc1OCc1cccc(C(F)(F)F)c1. The van der Waals surface area contributed by atoms with Gasteiger partial charge < -0.3 is 14.8 Å². The number of nitrogens with one attached hydrogen (secondary N) is 1. The molecule has 0 spiro atoms. The van der Waals surface area contributed by atoms with Crippen molar-refractivity contribution in [2.75, 3.05) is 7.11 Å². The highest BCUT2D eigenvalue weighted by atomic mass is 32.2. The number of hydrogen-bond donors (Lipinski definition) is 1. The number of nitrogens with zero attached hydrogens (tertiary/aromatic N) is 1. The summed E-state index contributed by atoms with van der Waals surface area (Å²) in [4.78, 5) is 17.5. The summed E-state index contributed by atoms with van der Waals surface area (Å²) in [5.41, 5.74) is 3.28. The highest BCUT2D eigenvalue weighted by Gasteiger charge is 2.30. The molecule has 0 bridgehead atoms. The molecule has 5 nitrogen and oxygen atoms in total. The largest absolute Gasteiger partial charge is 0.493 e. The zero-order chi connectivity index (χ0) is 25.9. The molecule has 1 aliphatic rings. The number of rotatable bonds is 6. The Bertz CT molecular complexity index is 1370. The number of thioether (sulfide) groups is 1. The number of halogens is 3. The molecule has 4 rings (SSSR count). The van der Waals surface area contributed by atoms with Crippen LogP contribution < -0.4 is 14.8 Å². The van der Waals surface area contributed by atoms with Crippen molar-refractivity contribution >= 4 is 34.6 Å². The summed E-state index contributed by atoms with van der Waals surface area (Å²) in [6.07, 6.45) is -2.71. The van der Waals surface area contributed by atoms with Crippen molar-refractivity contribution in [3.8, 4) is 11.5 Å². The molecule has 0 saturated carbocycles. The average molecular weight is 513 g/mol. The summed E-state index contributed by atoms with van der Waals surface area (Å²) in [6.45, 7) is 3.91. The van der Waals surface area contributed by atoms with E-state index < -0.39 is 11.7 Å². The summed E-state index contributed by atoms with van der Waals surface area (Å²) in [7, 11) is 1.47. The van der Waals surface area contributed by atoms with Crippen molar-refractivity contribution in [3.05, 3.63) is 93.4 Å². The zero-order valence-corrected chi connectivity index (χ0v) is 20.6. The average Bonchev–Trinajstić information content (AvgIpc) is 3.18. The number of alkyl halides is 3. The molecule has 1 fully saturated rings. The van der Waals surface area contributed by atoms with Gasteiger partial charge in [0.25, 0.3) is 5.91 Å². The molecule has 0 radical (unpaired) electrons. The Morgan fingerprint density at radius 1 is 1.03 bits per heavy atom. The van der Waals surface area contributed by atoms with Crippen LogP contribution in [0.3, 0.4) is 0 Å². The van der Waals surface area contributed by atoms with Crippen LogP contribution in [0.1, 0.15) is 27.8 Å². The minimum Gasteiger partial charge on any atom is -0.493 e. The summed E-state index contributed by atoms with van der Waals surface area (Å²) < 4.78 is 50.0. The Kier molecular flexibility index (Phi) is 7.40. The van der Waals surface area contributed by atoms with E-state index >= 15 is 0 Å². The van der Waals surface area contributed by atoms with Gasteiger partial charge in [-0.3, -0.25) is 4.79 Å². The van der Waals surface area contributed by atoms with Gasteiger partial charge in [0.15, 0.2) is 16.7 Å². The van der Waals surface area contributed by atoms with Gasteiger partial charge in [0.1, 0.15) is 6.61 Å². The lowest BCUT2D eigenvalue weighted by Crippen LogP contribution is -2.19. The summed E-state index contributed by atoms with van der Waals surface area (Å²) >= 11 is 1.24. The van der Waals surface area contributed by atoms with E-state index in [-0.39, 0.29) is 12.5 Å². The Balaban J connectivity index is 1.48. The topological polar surface area (TPSA) is 59.9 Å². The van der Waals surface area contributed by atoms with Gasteiger partial charge in [-0.15, -0.1) is 0 Å². The first kappa shape index (κ1) is 25.4. The lowest BCUT2D eigenvalue weighted by Gasteiger charge is -2.13. The highest BCUT2D eigenvalue weighted by molar-refractivity contribution is 8.18. The van der Waals surface area contributed by atoms with E-state index in [1.54, 1.807) is 30.3 Å². The minimum absolute atomic E-state index is 0.0583. The van der Waals surface area contributed by atoms with Crippen LogP contribution in [0.15, 0.2) is 70.6 Å². The highest BCUT2D eigenvalue weighted by Crippen LogP contribution is 2.34. The fourth-order valence-electron chi connectivity index (χ4n) is 3.56. The number of carbonyl (C=O) groups excluding carboxylic acids is 1. The van der Waals surface area contributed by atoms with Crippen molar-refractivity contribution in [2.45, 2.75) is 26.6 Å². The molecule has 186 valence electrons. The second-order valence-corrected chi connectivity index (χ2v) is 9.20. The minimum atomic E-state index is -4.42. The predicted molar refractivity (Wildman–Crippen MR) is 135 cm³/mol. The van der Waals surface area contributed by atoms with Crippen LogP contribution in [0.4, 0.5) is 18.9 Å². The first-order chi connectivity index (χ1) is 17.1. The first-order valence-electron chi connectivity index (χ1n) is 11.0. The van der Waals surface area contributed by atoms with E-state index in [4.69, 9.17) is 9.47 Å². The molecule has 1 N–H and O–H groups in total. The van der Waals surface area contributed by atoms with Crippen molar-refractivity contribution in [1.82, 2.24) is 5.32 Å². The van der Waals surface area contributed by atoms with E-state index in [0.717, 1.165) is 28.9 Å². The van der Waals surface area contributed by atoms with Crippen molar-refractivity contribution in [1.29, 1.82) is 0 Å². The van der Waals surface area contributed by atoms with E-state index in [2.05, 4.69) is 10.3 Å². The lowest BCUT2D eigenvalue weighted by atomic mass is 10.1. The maximum Gasteiger partial charge on any atom is 0.416 e. The fourth-order valence-corrected chi connectivity index (χ4v) is 4.40. The van der Waals surface area contributed by atoms with Crippen LogP contribution in [0.5, 0.6) is 11.5 Å². The molecule has 3 aromatic carbocycles. The van der Waals surface area contributed by atoms with Gasteiger partial charge in [0.2, 0.25) is 0 Å². The molecule has 1 aliphatic heterocycles. The van der Waals surface area contributed by atoms with Crippen LogP contribution in [-0.2, 0) is 17.6 Å². The number of ether oxygens (including phenoxy) is 2. The Morgan fingerprint density at radius 2 is 1.83 bits per heavy atom. The second kappa shape index (κ2) is 10.5. The number of hydrogen-bond acceptors (Lipinski definition) is 5. The van der Waals surface area contributed by atoms with Crippen molar-refractivity contribution in [3.63, 3.8) is 0 Å². The van der Waals surface area contributed by atoms with Gasteiger partial charge >= 0.3 is 6.18 Å².